The molecule has 1 aromatic rings. The summed E-state index contributed by atoms with van der Waals surface area (Å²) in [6, 6.07) is 7.07. The zero-order chi connectivity index (χ0) is 14.5. The zero-order valence-corrected chi connectivity index (χ0v) is 11.8. The topological polar surface area (TPSA) is 59.1 Å². The van der Waals surface area contributed by atoms with Gasteiger partial charge in [-0.05, 0) is 12.1 Å². The summed E-state index contributed by atoms with van der Waals surface area (Å²) in [4.78, 5) is 26.4. The van der Waals surface area contributed by atoms with Crippen LogP contribution in [0.25, 0.3) is 0 Å². The van der Waals surface area contributed by atoms with Crippen LogP contribution in [0.2, 0.25) is 0 Å². The van der Waals surface area contributed by atoms with Crippen molar-refractivity contribution in [3.8, 4) is 5.75 Å². The number of anilines is 1. The number of methoxy groups -OCH3 is 1. The van der Waals surface area contributed by atoms with Crippen LogP contribution < -0.4 is 9.64 Å². The third-order valence-corrected chi connectivity index (χ3v) is 3.18. The first kappa shape index (κ1) is 14.5. The van der Waals surface area contributed by atoms with Gasteiger partial charge in [-0.25, -0.2) is 4.79 Å². The van der Waals surface area contributed by atoms with Gasteiger partial charge in [0.05, 0.1) is 19.3 Å². The van der Waals surface area contributed by atoms with E-state index in [4.69, 9.17) is 21.1 Å². The van der Waals surface area contributed by atoms with Crippen molar-refractivity contribution in [2.45, 2.75) is 0 Å². The summed E-state index contributed by atoms with van der Waals surface area (Å²) in [7, 11) is 1.52. The molecular weight excluding hydrogens is 284 g/mol. The third-order valence-electron chi connectivity index (χ3n) is 2.95. The molecule has 20 heavy (non-hydrogen) atoms. The fraction of sp³-hybridized carbons (Fsp3) is 0.385. The predicted molar refractivity (Wildman–Crippen MR) is 74.1 cm³/mol. The van der Waals surface area contributed by atoms with Crippen LogP contribution in [0.3, 0.4) is 0 Å². The first-order chi connectivity index (χ1) is 9.67. The molecule has 2 amide bonds. The van der Waals surface area contributed by atoms with Crippen LogP contribution in [0.4, 0.5) is 10.5 Å². The number of halogens is 1. The highest BCUT2D eigenvalue weighted by atomic mass is 35.5. The number of alkyl halides is 1. The SMILES string of the molecule is COc1ccccc1N(CN1CCOC1=O)C(=O)CCl. The van der Waals surface area contributed by atoms with E-state index in [2.05, 4.69) is 0 Å². The summed E-state index contributed by atoms with van der Waals surface area (Å²) >= 11 is 5.65. The first-order valence-electron chi connectivity index (χ1n) is 6.08. The fourth-order valence-electron chi connectivity index (χ4n) is 1.94. The van der Waals surface area contributed by atoms with Crippen LogP contribution >= 0.6 is 11.6 Å². The van der Waals surface area contributed by atoms with Gasteiger partial charge in [0, 0.05) is 0 Å². The molecule has 0 saturated carbocycles. The van der Waals surface area contributed by atoms with Gasteiger partial charge in [0.25, 0.3) is 0 Å². The molecule has 1 heterocycles. The molecule has 1 aromatic carbocycles. The van der Waals surface area contributed by atoms with Gasteiger partial charge in [-0.15, -0.1) is 11.6 Å². The average molecular weight is 299 g/mol. The Hall–Kier alpha value is -1.95. The van der Waals surface area contributed by atoms with Gasteiger partial charge in [0.1, 0.15) is 24.9 Å². The number of carbonyl (C=O) groups excluding carboxylic acids is 2. The van der Waals surface area contributed by atoms with Crippen molar-refractivity contribution in [2.75, 3.05) is 37.7 Å². The molecule has 0 radical (unpaired) electrons. The van der Waals surface area contributed by atoms with Crippen LogP contribution in [0.15, 0.2) is 24.3 Å². The summed E-state index contributed by atoms with van der Waals surface area (Å²) in [5.74, 6) is 0.0513. The molecule has 108 valence electrons. The molecule has 6 nitrogen and oxygen atoms in total. The van der Waals surface area contributed by atoms with Crippen LogP contribution in [0, 0.1) is 0 Å². The Morgan fingerprint density at radius 1 is 1.50 bits per heavy atom. The second-order valence-electron chi connectivity index (χ2n) is 4.15. The molecule has 0 atom stereocenters. The third kappa shape index (κ3) is 2.96. The highest BCUT2D eigenvalue weighted by Crippen LogP contribution is 2.28. The summed E-state index contributed by atoms with van der Waals surface area (Å²) in [6.07, 6.45) is -0.438. The van der Waals surface area contributed by atoms with Crippen molar-refractivity contribution < 1.29 is 19.1 Å². The minimum absolute atomic E-state index is 0.0881. The van der Waals surface area contributed by atoms with Crippen molar-refractivity contribution in [1.29, 1.82) is 0 Å². The van der Waals surface area contributed by atoms with Gasteiger partial charge in [-0.1, -0.05) is 12.1 Å². The number of nitrogens with zero attached hydrogens (tertiary/aromatic N) is 2. The zero-order valence-electron chi connectivity index (χ0n) is 11.0. The van der Waals surface area contributed by atoms with E-state index in [9.17, 15) is 9.59 Å². The molecule has 1 saturated heterocycles. The second-order valence-corrected chi connectivity index (χ2v) is 4.41. The van der Waals surface area contributed by atoms with E-state index in [1.54, 1.807) is 24.3 Å². The number of amides is 2. The Kier molecular flexibility index (Phi) is 4.68. The molecule has 7 heteroatoms. The van der Waals surface area contributed by atoms with E-state index in [0.717, 1.165) is 0 Å². The highest BCUT2D eigenvalue weighted by Gasteiger charge is 2.27. The first-order valence-corrected chi connectivity index (χ1v) is 6.62. The molecular formula is C13H15ClN2O4. The second kappa shape index (κ2) is 6.47. The molecule has 2 rings (SSSR count). The number of hydrogen-bond donors (Lipinski definition) is 0. The molecule has 0 aromatic heterocycles. The number of benzene rings is 1. The lowest BCUT2D eigenvalue weighted by molar-refractivity contribution is -0.116. The van der Waals surface area contributed by atoms with Gasteiger partial charge < -0.3 is 9.47 Å². The number of ether oxygens (including phenoxy) is 2. The lowest BCUT2D eigenvalue weighted by Gasteiger charge is -2.27. The quantitative estimate of drug-likeness (QED) is 0.776. The minimum Gasteiger partial charge on any atom is -0.495 e. The molecule has 0 bridgehead atoms. The molecule has 0 unspecified atom stereocenters. The van der Waals surface area contributed by atoms with Crippen molar-refractivity contribution >= 4 is 29.3 Å². The largest absolute Gasteiger partial charge is 0.495 e. The number of hydrogen-bond acceptors (Lipinski definition) is 4. The van der Waals surface area contributed by atoms with Crippen molar-refractivity contribution in [1.82, 2.24) is 4.90 Å². The Balaban J connectivity index is 2.27. The van der Waals surface area contributed by atoms with E-state index >= 15 is 0 Å². The summed E-state index contributed by atoms with van der Waals surface area (Å²) in [5.41, 5.74) is 0.570. The van der Waals surface area contributed by atoms with Crippen molar-refractivity contribution in [3.05, 3.63) is 24.3 Å². The van der Waals surface area contributed by atoms with Crippen LogP contribution in [0.1, 0.15) is 0 Å². The molecule has 0 N–H and O–H groups in total. The maximum atomic E-state index is 12.0. The Labute approximate surface area is 121 Å². The predicted octanol–water partition coefficient (Wildman–Crippen LogP) is 1.68. The van der Waals surface area contributed by atoms with E-state index in [1.807, 2.05) is 0 Å². The summed E-state index contributed by atoms with van der Waals surface area (Å²) in [6.45, 7) is 0.860. The van der Waals surface area contributed by atoms with E-state index in [1.165, 1.54) is 16.9 Å². The smallest absolute Gasteiger partial charge is 0.411 e. The number of cyclic esters (lactones) is 1. The standard InChI is InChI=1S/C13H15ClN2O4/c1-19-11-5-3-2-4-10(11)16(12(17)8-14)9-15-6-7-20-13(15)18/h2-5H,6-9H2,1H3. The number of para-hydroxylation sites is 2. The van der Waals surface area contributed by atoms with E-state index in [-0.39, 0.29) is 18.5 Å². The normalized spacial score (nSPS) is 14.1. The van der Waals surface area contributed by atoms with Crippen LogP contribution in [0.5, 0.6) is 5.75 Å². The van der Waals surface area contributed by atoms with Crippen LogP contribution in [-0.2, 0) is 9.53 Å². The molecule has 1 fully saturated rings. The van der Waals surface area contributed by atoms with Gasteiger partial charge in [0.15, 0.2) is 0 Å². The maximum absolute atomic E-state index is 12.0. The monoisotopic (exact) mass is 298 g/mol. The van der Waals surface area contributed by atoms with Crippen molar-refractivity contribution in [2.24, 2.45) is 0 Å². The number of carbonyl (C=O) groups is 2. The summed E-state index contributed by atoms with van der Waals surface area (Å²) < 4.78 is 10.1. The van der Waals surface area contributed by atoms with Gasteiger partial charge >= 0.3 is 6.09 Å². The molecule has 1 aliphatic rings. The average Bonchev–Trinajstić information content (AvgIpc) is 2.89. The Morgan fingerprint density at radius 3 is 2.85 bits per heavy atom. The Bertz CT molecular complexity index is 509. The molecule has 0 spiro atoms. The summed E-state index contributed by atoms with van der Waals surface area (Å²) in [5, 5.41) is 0. The van der Waals surface area contributed by atoms with E-state index < -0.39 is 6.09 Å². The lowest BCUT2D eigenvalue weighted by atomic mass is 10.2. The number of rotatable bonds is 5. The maximum Gasteiger partial charge on any atom is 0.411 e. The van der Waals surface area contributed by atoms with Crippen LogP contribution in [-0.4, -0.2) is 49.7 Å². The molecule has 1 aliphatic heterocycles. The van der Waals surface area contributed by atoms with Gasteiger partial charge in [0.2, 0.25) is 5.91 Å². The fourth-order valence-corrected chi connectivity index (χ4v) is 2.08. The van der Waals surface area contributed by atoms with Gasteiger partial charge in [-0.2, -0.15) is 0 Å². The van der Waals surface area contributed by atoms with Crippen molar-refractivity contribution in [3.63, 3.8) is 0 Å². The molecule has 0 aliphatic carbocycles. The Morgan fingerprint density at radius 2 is 2.25 bits per heavy atom. The van der Waals surface area contributed by atoms with E-state index in [0.29, 0.717) is 24.6 Å². The lowest BCUT2D eigenvalue weighted by Crippen LogP contribution is -2.43. The van der Waals surface area contributed by atoms with Gasteiger partial charge in [-0.3, -0.25) is 14.6 Å². The highest BCUT2D eigenvalue weighted by molar-refractivity contribution is 6.29. The minimum atomic E-state index is -0.438.